The van der Waals surface area contributed by atoms with E-state index in [0.717, 1.165) is 27.5 Å². The van der Waals surface area contributed by atoms with E-state index < -0.39 is 0 Å². The number of nitrogens with zero attached hydrogens (tertiary/aromatic N) is 4. The summed E-state index contributed by atoms with van der Waals surface area (Å²) in [6, 6.07) is 3.75. The third kappa shape index (κ3) is 3.97. The fraction of sp³-hybridized carbons (Fsp3) is 0.417. The second kappa shape index (κ2) is 7.10. The zero-order chi connectivity index (χ0) is 14.5. The van der Waals surface area contributed by atoms with Crippen molar-refractivity contribution in [3.8, 4) is 0 Å². The Morgan fingerprint density at radius 3 is 2.80 bits per heavy atom. The lowest BCUT2D eigenvalue weighted by molar-refractivity contribution is 0.972. The summed E-state index contributed by atoms with van der Waals surface area (Å²) in [4.78, 5) is 6.44. The van der Waals surface area contributed by atoms with Gasteiger partial charge in [-0.25, -0.2) is 4.98 Å². The van der Waals surface area contributed by atoms with Crippen LogP contribution in [0.2, 0.25) is 5.02 Å². The molecule has 2 aromatic heterocycles. The first-order valence-corrected chi connectivity index (χ1v) is 8.31. The van der Waals surface area contributed by atoms with E-state index in [2.05, 4.69) is 20.5 Å². The van der Waals surface area contributed by atoms with Crippen molar-refractivity contribution < 1.29 is 0 Å². The lowest BCUT2D eigenvalue weighted by Gasteiger charge is -2.06. The predicted molar refractivity (Wildman–Crippen MR) is 87.2 cm³/mol. The standard InChI is InChI=1S/C12H16ClN5S2/c1-4-14-10-6-5-8(13)9(15-10)7-19-12-17-16-11(20-12)18(2)3/h5-6H,4,7H2,1-3H3,(H,14,15). The minimum Gasteiger partial charge on any atom is -0.370 e. The number of rotatable bonds is 6. The van der Waals surface area contributed by atoms with Crippen molar-refractivity contribution >= 4 is 45.6 Å². The Hall–Kier alpha value is -1.05. The van der Waals surface area contributed by atoms with Crippen LogP contribution in [0.4, 0.5) is 10.9 Å². The number of hydrogen-bond acceptors (Lipinski definition) is 7. The molecule has 0 fully saturated rings. The van der Waals surface area contributed by atoms with E-state index in [1.807, 2.05) is 38.1 Å². The molecule has 108 valence electrons. The van der Waals surface area contributed by atoms with Crippen LogP contribution in [0.1, 0.15) is 12.6 Å². The average molecular weight is 330 g/mol. The van der Waals surface area contributed by atoms with Crippen molar-refractivity contribution in [3.05, 3.63) is 22.8 Å². The summed E-state index contributed by atoms with van der Waals surface area (Å²) in [7, 11) is 3.90. The molecule has 5 nitrogen and oxygen atoms in total. The van der Waals surface area contributed by atoms with Crippen LogP contribution in [0.25, 0.3) is 0 Å². The monoisotopic (exact) mass is 329 g/mol. The highest BCUT2D eigenvalue weighted by atomic mass is 35.5. The van der Waals surface area contributed by atoms with E-state index in [1.54, 1.807) is 23.1 Å². The highest BCUT2D eigenvalue weighted by Crippen LogP contribution is 2.31. The van der Waals surface area contributed by atoms with Gasteiger partial charge in [-0.3, -0.25) is 0 Å². The Balaban J connectivity index is 2.03. The quantitative estimate of drug-likeness (QED) is 0.820. The molecule has 1 N–H and O–H groups in total. The van der Waals surface area contributed by atoms with Crippen molar-refractivity contribution in [3.63, 3.8) is 0 Å². The molecule has 0 radical (unpaired) electrons. The van der Waals surface area contributed by atoms with Crippen LogP contribution in [0.15, 0.2) is 16.5 Å². The third-order valence-corrected chi connectivity index (χ3v) is 4.97. The Bertz CT molecular complexity index is 573. The van der Waals surface area contributed by atoms with Gasteiger partial charge in [-0.2, -0.15) is 0 Å². The minimum absolute atomic E-state index is 0.677. The molecule has 0 aliphatic rings. The van der Waals surface area contributed by atoms with Gasteiger partial charge in [0.1, 0.15) is 5.82 Å². The smallest absolute Gasteiger partial charge is 0.208 e. The maximum Gasteiger partial charge on any atom is 0.208 e. The molecule has 0 aromatic carbocycles. The number of nitrogens with one attached hydrogen (secondary N) is 1. The first-order chi connectivity index (χ1) is 9.60. The zero-order valence-corrected chi connectivity index (χ0v) is 13.9. The zero-order valence-electron chi connectivity index (χ0n) is 11.6. The van der Waals surface area contributed by atoms with Crippen LogP contribution in [0, 0.1) is 0 Å². The first kappa shape index (κ1) is 15.3. The Morgan fingerprint density at radius 2 is 2.15 bits per heavy atom. The molecule has 0 saturated carbocycles. The van der Waals surface area contributed by atoms with Crippen molar-refractivity contribution in [1.29, 1.82) is 0 Å². The number of pyridine rings is 1. The van der Waals surface area contributed by atoms with Gasteiger partial charge < -0.3 is 10.2 Å². The molecule has 0 bridgehead atoms. The van der Waals surface area contributed by atoms with Crippen molar-refractivity contribution in [2.45, 2.75) is 17.0 Å². The molecular weight excluding hydrogens is 314 g/mol. The Kier molecular flexibility index (Phi) is 5.45. The van der Waals surface area contributed by atoms with Gasteiger partial charge in [0.05, 0.1) is 10.7 Å². The van der Waals surface area contributed by atoms with Crippen molar-refractivity contribution in [1.82, 2.24) is 15.2 Å². The fourth-order valence-corrected chi connectivity index (χ4v) is 3.41. The summed E-state index contributed by atoms with van der Waals surface area (Å²) in [5.74, 6) is 1.53. The molecule has 0 saturated heterocycles. The summed E-state index contributed by atoms with van der Waals surface area (Å²) in [6.45, 7) is 2.87. The molecule has 8 heteroatoms. The molecule has 0 aliphatic heterocycles. The van der Waals surface area contributed by atoms with Crippen LogP contribution in [-0.4, -0.2) is 35.8 Å². The Morgan fingerprint density at radius 1 is 1.35 bits per heavy atom. The molecule has 0 atom stereocenters. The molecule has 0 spiro atoms. The SMILES string of the molecule is CCNc1ccc(Cl)c(CSc2nnc(N(C)C)s2)n1. The van der Waals surface area contributed by atoms with Gasteiger partial charge >= 0.3 is 0 Å². The molecule has 0 aliphatic carbocycles. The lowest BCUT2D eigenvalue weighted by Crippen LogP contribution is -2.07. The minimum atomic E-state index is 0.677. The van der Waals surface area contributed by atoms with Crippen LogP contribution < -0.4 is 10.2 Å². The van der Waals surface area contributed by atoms with Crippen LogP contribution in [0.3, 0.4) is 0 Å². The van der Waals surface area contributed by atoms with Crippen LogP contribution in [0.5, 0.6) is 0 Å². The van der Waals surface area contributed by atoms with E-state index in [-0.39, 0.29) is 0 Å². The average Bonchev–Trinajstić information content (AvgIpc) is 2.89. The van der Waals surface area contributed by atoms with Gasteiger partial charge in [0, 0.05) is 26.4 Å². The summed E-state index contributed by atoms with van der Waals surface area (Å²) in [5, 5.41) is 13.0. The summed E-state index contributed by atoms with van der Waals surface area (Å²) < 4.78 is 0.917. The molecule has 0 unspecified atom stereocenters. The number of aromatic nitrogens is 3. The summed E-state index contributed by atoms with van der Waals surface area (Å²) >= 11 is 9.33. The van der Waals surface area contributed by atoms with Crippen molar-refractivity contribution in [2.24, 2.45) is 0 Å². The van der Waals surface area contributed by atoms with Gasteiger partial charge in [-0.05, 0) is 19.1 Å². The maximum absolute atomic E-state index is 6.17. The number of hydrogen-bond donors (Lipinski definition) is 1. The van der Waals surface area contributed by atoms with Gasteiger partial charge in [-0.1, -0.05) is 34.7 Å². The highest BCUT2D eigenvalue weighted by molar-refractivity contribution is 8.00. The molecule has 20 heavy (non-hydrogen) atoms. The number of anilines is 2. The van der Waals surface area contributed by atoms with Gasteiger partial charge in [0.15, 0.2) is 4.34 Å². The second-order valence-electron chi connectivity index (χ2n) is 4.19. The number of halogens is 1. The van der Waals surface area contributed by atoms with E-state index in [1.165, 1.54) is 0 Å². The normalized spacial score (nSPS) is 10.6. The lowest BCUT2D eigenvalue weighted by atomic mass is 10.3. The number of thioether (sulfide) groups is 1. The topological polar surface area (TPSA) is 53.9 Å². The van der Waals surface area contributed by atoms with Crippen LogP contribution in [-0.2, 0) is 5.75 Å². The van der Waals surface area contributed by atoms with Crippen molar-refractivity contribution in [2.75, 3.05) is 30.9 Å². The third-order valence-electron chi connectivity index (χ3n) is 2.39. The molecule has 2 aromatic rings. The van der Waals surface area contributed by atoms with E-state index in [0.29, 0.717) is 10.8 Å². The van der Waals surface area contributed by atoms with Crippen LogP contribution >= 0.6 is 34.7 Å². The molecule has 2 rings (SSSR count). The summed E-state index contributed by atoms with van der Waals surface area (Å²) in [5.41, 5.74) is 0.858. The molecule has 2 heterocycles. The van der Waals surface area contributed by atoms with E-state index in [4.69, 9.17) is 11.6 Å². The van der Waals surface area contributed by atoms with Gasteiger partial charge in [0.2, 0.25) is 5.13 Å². The van der Waals surface area contributed by atoms with Gasteiger partial charge in [-0.15, -0.1) is 10.2 Å². The fourth-order valence-electron chi connectivity index (χ4n) is 1.44. The Labute approximate surface area is 131 Å². The largest absolute Gasteiger partial charge is 0.370 e. The second-order valence-corrected chi connectivity index (χ2v) is 6.77. The van der Waals surface area contributed by atoms with Gasteiger partial charge in [0.25, 0.3) is 0 Å². The summed E-state index contributed by atoms with van der Waals surface area (Å²) in [6.07, 6.45) is 0. The maximum atomic E-state index is 6.17. The predicted octanol–water partition coefficient (Wildman–Crippen LogP) is 3.38. The first-order valence-electron chi connectivity index (χ1n) is 6.13. The van der Waals surface area contributed by atoms with E-state index >= 15 is 0 Å². The molecule has 0 amide bonds. The molecular formula is C12H16ClN5S2. The highest BCUT2D eigenvalue weighted by Gasteiger charge is 2.09. The van der Waals surface area contributed by atoms with E-state index in [9.17, 15) is 0 Å².